The third-order valence-electron chi connectivity index (χ3n) is 6.16. The maximum absolute atomic E-state index is 11.3. The Bertz CT molecular complexity index is 1160. The minimum atomic E-state index is 0.0153. The highest BCUT2D eigenvalue weighted by Crippen LogP contribution is 2.42. The van der Waals surface area contributed by atoms with Crippen LogP contribution in [-0.2, 0) is 0 Å². The average Bonchev–Trinajstić information content (AvgIpc) is 3.13. The summed E-state index contributed by atoms with van der Waals surface area (Å²) in [6, 6.07) is 26.6. The number of rotatable bonds is 5. The van der Waals surface area contributed by atoms with E-state index in [4.69, 9.17) is 4.74 Å². The highest BCUT2D eigenvalue weighted by Gasteiger charge is 2.31. The van der Waals surface area contributed by atoms with Crippen LogP contribution in [-0.4, -0.2) is 48.1 Å². The molecular weight excluding hydrogens is 386 g/mol. The molecule has 1 atom stereocenters. The second-order valence-corrected chi connectivity index (χ2v) is 7.92. The molecule has 5 heteroatoms. The molecule has 1 aliphatic rings. The summed E-state index contributed by atoms with van der Waals surface area (Å²) in [5.41, 5.74) is 5.00. The van der Waals surface area contributed by atoms with Gasteiger partial charge in [-0.25, -0.2) is 0 Å². The molecule has 2 N–H and O–H groups in total. The molecule has 1 saturated heterocycles. The number of ether oxygens (including phenoxy) is 1. The third kappa shape index (κ3) is 3.56. The van der Waals surface area contributed by atoms with Gasteiger partial charge in [-0.2, -0.15) is 4.73 Å². The average molecular weight is 414 g/mol. The second kappa shape index (κ2) is 8.46. The Hall–Kier alpha value is -3.28. The molecule has 31 heavy (non-hydrogen) atoms. The first-order valence-electron chi connectivity index (χ1n) is 10.7. The molecule has 0 radical (unpaired) electrons. The molecule has 0 amide bonds. The number of methoxy groups -OCH3 is 1. The summed E-state index contributed by atoms with van der Waals surface area (Å²) < 4.78 is 6.76. The van der Waals surface area contributed by atoms with Crippen LogP contribution in [0.1, 0.15) is 17.2 Å². The van der Waals surface area contributed by atoms with Crippen molar-refractivity contribution in [3.63, 3.8) is 0 Å². The fourth-order valence-corrected chi connectivity index (χ4v) is 4.69. The van der Waals surface area contributed by atoms with Crippen LogP contribution in [0, 0.1) is 0 Å². The van der Waals surface area contributed by atoms with Gasteiger partial charge in [-0.1, -0.05) is 60.7 Å². The van der Waals surface area contributed by atoms with Crippen molar-refractivity contribution < 1.29 is 9.94 Å². The van der Waals surface area contributed by atoms with E-state index < -0.39 is 0 Å². The third-order valence-corrected chi connectivity index (χ3v) is 6.16. The predicted molar refractivity (Wildman–Crippen MR) is 124 cm³/mol. The fourth-order valence-electron chi connectivity index (χ4n) is 4.69. The lowest BCUT2D eigenvalue weighted by atomic mass is 9.91. The molecule has 1 aromatic heterocycles. The molecule has 5 rings (SSSR count). The minimum absolute atomic E-state index is 0.0153. The molecule has 0 aliphatic carbocycles. The van der Waals surface area contributed by atoms with Gasteiger partial charge in [0.25, 0.3) is 0 Å². The van der Waals surface area contributed by atoms with Crippen molar-refractivity contribution in [2.45, 2.75) is 6.04 Å². The van der Waals surface area contributed by atoms with Crippen LogP contribution in [0.4, 0.5) is 0 Å². The standard InChI is InChI=1S/C26H27N3O2/c1-31-21-13-11-20(12-14-21)25(28-17-15-27-16-18-28)24-22-9-5-6-10-23(22)29(30)26(24)19-7-3-2-4-8-19/h2-14,25,27,30H,15-18H2,1H3. The first kappa shape index (κ1) is 19.7. The Morgan fingerprint density at radius 2 is 1.55 bits per heavy atom. The Kier molecular flexibility index (Phi) is 5.37. The smallest absolute Gasteiger partial charge is 0.118 e. The van der Waals surface area contributed by atoms with Crippen molar-refractivity contribution >= 4 is 10.9 Å². The van der Waals surface area contributed by atoms with Gasteiger partial charge in [-0.05, 0) is 23.8 Å². The number of nitrogens with one attached hydrogen (secondary N) is 1. The number of piperazine rings is 1. The summed E-state index contributed by atoms with van der Waals surface area (Å²) in [6.07, 6.45) is 0. The zero-order valence-corrected chi connectivity index (χ0v) is 17.7. The lowest BCUT2D eigenvalue weighted by Crippen LogP contribution is -2.45. The number of aromatic nitrogens is 1. The summed E-state index contributed by atoms with van der Waals surface area (Å²) in [5.74, 6) is 0.843. The Balaban J connectivity index is 1.78. The van der Waals surface area contributed by atoms with Crippen molar-refractivity contribution in [1.29, 1.82) is 0 Å². The van der Waals surface area contributed by atoms with Crippen LogP contribution < -0.4 is 10.1 Å². The van der Waals surface area contributed by atoms with Crippen molar-refractivity contribution in [3.05, 3.63) is 90.0 Å². The minimum Gasteiger partial charge on any atom is -0.497 e. The van der Waals surface area contributed by atoms with Crippen molar-refractivity contribution in [1.82, 2.24) is 14.9 Å². The molecule has 1 unspecified atom stereocenters. The van der Waals surface area contributed by atoms with Gasteiger partial charge in [0, 0.05) is 42.7 Å². The normalized spacial score (nSPS) is 15.8. The number of para-hydroxylation sites is 1. The summed E-state index contributed by atoms with van der Waals surface area (Å²) in [4.78, 5) is 2.51. The predicted octanol–water partition coefficient (Wildman–Crippen LogP) is 4.55. The molecular formula is C26H27N3O2. The van der Waals surface area contributed by atoms with Crippen LogP contribution in [0.5, 0.6) is 5.75 Å². The van der Waals surface area contributed by atoms with Crippen LogP contribution in [0.15, 0.2) is 78.9 Å². The van der Waals surface area contributed by atoms with Gasteiger partial charge < -0.3 is 15.3 Å². The van der Waals surface area contributed by atoms with Gasteiger partial charge in [-0.3, -0.25) is 4.90 Å². The molecule has 0 saturated carbocycles. The molecule has 1 aliphatic heterocycles. The van der Waals surface area contributed by atoms with Gasteiger partial charge in [0.1, 0.15) is 5.75 Å². The van der Waals surface area contributed by atoms with E-state index in [1.165, 1.54) is 10.3 Å². The van der Waals surface area contributed by atoms with Crippen molar-refractivity contribution in [3.8, 4) is 17.0 Å². The van der Waals surface area contributed by atoms with Crippen LogP contribution >= 0.6 is 0 Å². The summed E-state index contributed by atoms with van der Waals surface area (Å²) in [6.45, 7) is 3.78. The molecule has 2 heterocycles. The monoisotopic (exact) mass is 413 g/mol. The maximum atomic E-state index is 11.3. The van der Waals surface area contributed by atoms with Gasteiger partial charge >= 0.3 is 0 Å². The summed E-state index contributed by atoms with van der Waals surface area (Å²) in [5, 5.41) is 15.8. The van der Waals surface area contributed by atoms with Gasteiger partial charge in [0.15, 0.2) is 0 Å². The van der Waals surface area contributed by atoms with E-state index >= 15 is 0 Å². The molecule has 5 nitrogen and oxygen atoms in total. The van der Waals surface area contributed by atoms with Crippen molar-refractivity contribution in [2.75, 3.05) is 33.3 Å². The molecule has 0 bridgehead atoms. The van der Waals surface area contributed by atoms with E-state index in [1.807, 2.05) is 48.5 Å². The highest BCUT2D eigenvalue weighted by atomic mass is 16.5. The van der Waals surface area contributed by atoms with E-state index in [0.29, 0.717) is 0 Å². The number of hydrogen-bond acceptors (Lipinski definition) is 4. The van der Waals surface area contributed by atoms with E-state index in [1.54, 1.807) is 7.11 Å². The molecule has 3 aromatic carbocycles. The van der Waals surface area contributed by atoms with Crippen molar-refractivity contribution in [2.24, 2.45) is 0 Å². The van der Waals surface area contributed by atoms with E-state index in [0.717, 1.165) is 59.7 Å². The van der Waals surface area contributed by atoms with E-state index in [-0.39, 0.29) is 6.04 Å². The molecule has 1 fully saturated rings. The topological polar surface area (TPSA) is 49.7 Å². The zero-order chi connectivity index (χ0) is 21.2. The van der Waals surface area contributed by atoms with Crippen LogP contribution in [0.2, 0.25) is 0 Å². The number of benzene rings is 3. The highest BCUT2D eigenvalue weighted by molar-refractivity contribution is 5.92. The van der Waals surface area contributed by atoms with Crippen LogP contribution in [0.3, 0.4) is 0 Å². The Morgan fingerprint density at radius 3 is 2.26 bits per heavy atom. The fraction of sp³-hybridized carbons (Fsp3) is 0.231. The van der Waals surface area contributed by atoms with Gasteiger partial charge in [-0.15, -0.1) is 0 Å². The number of fused-ring (bicyclic) bond motifs is 1. The first-order chi connectivity index (χ1) is 15.3. The van der Waals surface area contributed by atoms with Gasteiger partial charge in [0.2, 0.25) is 0 Å². The second-order valence-electron chi connectivity index (χ2n) is 7.92. The molecule has 158 valence electrons. The molecule has 0 spiro atoms. The van der Waals surface area contributed by atoms with E-state index in [2.05, 4.69) is 40.5 Å². The lowest BCUT2D eigenvalue weighted by Gasteiger charge is -2.36. The number of hydrogen-bond donors (Lipinski definition) is 2. The maximum Gasteiger partial charge on any atom is 0.118 e. The summed E-state index contributed by atoms with van der Waals surface area (Å²) >= 11 is 0. The van der Waals surface area contributed by atoms with Crippen LogP contribution in [0.25, 0.3) is 22.2 Å². The Labute approximate surface area is 182 Å². The Morgan fingerprint density at radius 1 is 0.871 bits per heavy atom. The zero-order valence-electron chi connectivity index (χ0n) is 17.7. The largest absolute Gasteiger partial charge is 0.497 e. The quantitative estimate of drug-likeness (QED) is 0.472. The summed E-state index contributed by atoms with van der Waals surface area (Å²) in [7, 11) is 1.69. The first-order valence-corrected chi connectivity index (χ1v) is 10.7. The molecule has 4 aromatic rings. The van der Waals surface area contributed by atoms with Gasteiger partial charge in [0.05, 0.1) is 24.4 Å². The lowest BCUT2D eigenvalue weighted by molar-refractivity contribution is 0.191. The van der Waals surface area contributed by atoms with E-state index in [9.17, 15) is 5.21 Å². The number of nitrogens with zero attached hydrogens (tertiary/aromatic N) is 2. The SMILES string of the molecule is COc1ccc(C(c2c(-c3ccccc3)n(O)c3ccccc23)N2CCNCC2)cc1.